The number of hydrogen-bond donors (Lipinski definition) is 1. The molecule has 2 saturated heterocycles. The molecule has 0 unspecified atom stereocenters. The molecule has 0 radical (unpaired) electrons. The second-order valence-electron chi connectivity index (χ2n) is 11.8. The van der Waals surface area contributed by atoms with Crippen LogP contribution >= 0.6 is 11.3 Å². The van der Waals surface area contributed by atoms with Crippen molar-refractivity contribution in [2.75, 3.05) is 32.9 Å². The molecule has 0 saturated carbocycles. The maximum atomic E-state index is 13.9. The Morgan fingerprint density at radius 1 is 1.10 bits per heavy atom. The largest absolute Gasteiger partial charge is 0.523 e. The number of alkyl halides is 5. The van der Waals surface area contributed by atoms with Gasteiger partial charge < -0.3 is 24.3 Å². The number of carbonyl (C=O) groups excluding carboxylic acids is 2. The van der Waals surface area contributed by atoms with Crippen molar-refractivity contribution in [3.05, 3.63) is 59.6 Å². The van der Waals surface area contributed by atoms with Crippen LogP contribution in [-0.2, 0) is 54.5 Å². The highest BCUT2D eigenvalue weighted by atomic mass is 32.2. The first kappa shape index (κ1) is 39.7. The summed E-state index contributed by atoms with van der Waals surface area (Å²) in [4.78, 5) is 29.5. The van der Waals surface area contributed by atoms with Crippen LogP contribution in [0, 0.1) is 5.92 Å². The van der Waals surface area contributed by atoms with Crippen LogP contribution in [0.15, 0.2) is 58.9 Å². The molecule has 3 aromatic rings. The number of amides is 1. The van der Waals surface area contributed by atoms with Crippen LogP contribution in [0.3, 0.4) is 0 Å². The number of sulfonamides is 1. The Hall–Kier alpha value is -3.54. The molecule has 52 heavy (non-hydrogen) atoms. The molecule has 286 valence electrons. The van der Waals surface area contributed by atoms with Crippen LogP contribution in [0.4, 0.5) is 26.7 Å². The number of nitrogens with one attached hydrogen (secondary N) is 1. The molecule has 5 rings (SSSR count). The summed E-state index contributed by atoms with van der Waals surface area (Å²) in [6, 6.07) is 10.9. The van der Waals surface area contributed by atoms with Crippen molar-refractivity contribution in [1.29, 1.82) is 0 Å². The number of carbonyl (C=O) groups is 2. The number of hydrogen-bond acceptors (Lipinski definition) is 13. The fourth-order valence-corrected chi connectivity index (χ4v) is 8.57. The van der Waals surface area contributed by atoms with Crippen molar-refractivity contribution in [1.82, 2.24) is 14.6 Å². The van der Waals surface area contributed by atoms with E-state index in [1.54, 1.807) is 30.3 Å². The maximum Gasteiger partial charge on any atom is 0.523 e. The topological polar surface area (TPSA) is 177 Å². The van der Waals surface area contributed by atoms with E-state index in [0.717, 1.165) is 18.3 Å². The molecule has 5 atom stereocenters. The van der Waals surface area contributed by atoms with E-state index in [1.807, 2.05) is 0 Å². The Morgan fingerprint density at radius 2 is 1.83 bits per heavy atom. The summed E-state index contributed by atoms with van der Waals surface area (Å²) in [5, 5.41) is 2.51. The van der Waals surface area contributed by atoms with Gasteiger partial charge in [-0.05, 0) is 36.6 Å². The number of thiazole rings is 1. The lowest BCUT2D eigenvalue weighted by molar-refractivity contribution is -0.212. The molecule has 0 aliphatic carbocycles. The predicted octanol–water partition coefficient (Wildman–Crippen LogP) is 3.82. The third-order valence-corrected chi connectivity index (χ3v) is 11.9. The third kappa shape index (κ3) is 9.15. The first-order valence-corrected chi connectivity index (χ1v) is 19.2. The molecule has 2 fully saturated rings. The zero-order valence-electron chi connectivity index (χ0n) is 27.0. The third-order valence-electron chi connectivity index (χ3n) is 8.27. The highest BCUT2D eigenvalue weighted by Crippen LogP contribution is 2.43. The van der Waals surface area contributed by atoms with E-state index in [4.69, 9.17) is 18.9 Å². The summed E-state index contributed by atoms with van der Waals surface area (Å²) >= 11 is 1.13. The molecular weight excluding hydrogens is 770 g/mol. The van der Waals surface area contributed by atoms with Gasteiger partial charge in [0.25, 0.3) is 6.43 Å². The minimum absolute atomic E-state index is 0.0741. The summed E-state index contributed by atoms with van der Waals surface area (Å²) in [6.45, 7) is -2.84. The number of alkyl carbamates (subject to hydrolysis) is 1. The van der Waals surface area contributed by atoms with Crippen LogP contribution in [0.2, 0.25) is 0 Å². The van der Waals surface area contributed by atoms with E-state index in [0.29, 0.717) is 20.1 Å². The number of esters is 1. The molecule has 2 aliphatic rings. The quantitative estimate of drug-likeness (QED) is 0.102. The summed E-state index contributed by atoms with van der Waals surface area (Å²) in [5.41, 5.74) is -3.19. The molecule has 1 aromatic heterocycles. The molecule has 1 N–H and O–H groups in total. The maximum absolute atomic E-state index is 13.9. The Morgan fingerprint density at radius 3 is 2.50 bits per heavy atom. The molecule has 22 heteroatoms. The van der Waals surface area contributed by atoms with Gasteiger partial charge >= 0.3 is 27.7 Å². The lowest BCUT2D eigenvalue weighted by Gasteiger charge is -2.32. The molecule has 0 bridgehead atoms. The Bertz CT molecular complexity index is 1950. The van der Waals surface area contributed by atoms with Crippen molar-refractivity contribution in [2.24, 2.45) is 5.92 Å². The van der Waals surface area contributed by atoms with Gasteiger partial charge in [0, 0.05) is 6.92 Å². The first-order valence-electron chi connectivity index (χ1n) is 15.4. The number of aromatic nitrogens is 1. The van der Waals surface area contributed by atoms with Gasteiger partial charge in [-0.15, -0.1) is 11.3 Å². The van der Waals surface area contributed by atoms with Crippen LogP contribution < -0.4 is 5.32 Å². The van der Waals surface area contributed by atoms with E-state index < -0.39 is 100 Å². The zero-order chi connectivity index (χ0) is 37.9. The minimum atomic E-state index is -6.01. The molecule has 3 heterocycles. The van der Waals surface area contributed by atoms with Crippen LogP contribution in [0.1, 0.15) is 18.9 Å². The first-order chi connectivity index (χ1) is 24.4. The zero-order valence-corrected chi connectivity index (χ0v) is 29.5. The van der Waals surface area contributed by atoms with Crippen molar-refractivity contribution in [3.63, 3.8) is 0 Å². The Kier molecular flexibility index (Phi) is 12.1. The second kappa shape index (κ2) is 15.8. The molecule has 1 amide bonds. The monoisotopic (exact) mass is 801 g/mol. The Labute approximate surface area is 298 Å². The average Bonchev–Trinajstić information content (AvgIpc) is 3.79. The predicted molar refractivity (Wildman–Crippen MR) is 171 cm³/mol. The number of rotatable bonds is 15. The molecule has 0 spiro atoms. The fraction of sp³-hybridized carbons (Fsp3) is 0.500. The highest BCUT2D eigenvalue weighted by molar-refractivity contribution is 7.89. The lowest BCUT2D eigenvalue weighted by atomic mass is 9.95. The summed E-state index contributed by atoms with van der Waals surface area (Å²) in [5.74, 6) is -3.88. The van der Waals surface area contributed by atoms with Crippen LogP contribution in [0.5, 0.6) is 0 Å². The fourth-order valence-electron chi connectivity index (χ4n) is 5.87. The highest BCUT2D eigenvalue weighted by Gasteiger charge is 2.58. The molecule has 2 aromatic carbocycles. The second-order valence-corrected chi connectivity index (χ2v) is 16.2. The standard InChI is InChI=1S/C30H32F5N3O11S3/c1-18(39)48-24(13-38(14-27(31)32)51(41,42)20-7-8-22-26(12-20)50-17-36-22)23(11-19-5-3-2-4-6-19)37-28(40)49-25-15-46-29(21(25)9-10-45-29)16-47-52(43,44)30(33,34)35/h2-8,12,17,21,23-25,27H,9-11,13-16H2,1H3,(H,37,40)/t21-,23-,24+,25-,29+/m0/s1. The lowest BCUT2D eigenvalue weighted by Crippen LogP contribution is -2.53. The van der Waals surface area contributed by atoms with Crippen LogP contribution in [-0.4, -0.2) is 107 Å². The average molecular weight is 802 g/mol. The Balaban J connectivity index is 1.38. The van der Waals surface area contributed by atoms with Crippen molar-refractivity contribution in [2.45, 2.75) is 60.6 Å². The smallest absolute Gasteiger partial charge is 0.459 e. The number of fused-ring (bicyclic) bond motifs is 2. The van der Waals surface area contributed by atoms with Gasteiger partial charge in [-0.25, -0.2) is 27.0 Å². The van der Waals surface area contributed by atoms with E-state index in [9.17, 15) is 48.4 Å². The van der Waals surface area contributed by atoms with Gasteiger partial charge in [0.2, 0.25) is 10.0 Å². The van der Waals surface area contributed by atoms with Gasteiger partial charge in [-0.2, -0.15) is 25.9 Å². The number of ether oxygens (including phenoxy) is 4. The number of nitrogens with zero attached hydrogens (tertiary/aromatic N) is 2. The van der Waals surface area contributed by atoms with E-state index >= 15 is 0 Å². The molecule has 2 aliphatic heterocycles. The van der Waals surface area contributed by atoms with Crippen molar-refractivity contribution < 1.29 is 71.5 Å². The molecular formula is C30H32F5N3O11S3. The van der Waals surface area contributed by atoms with Crippen LogP contribution in [0.25, 0.3) is 10.2 Å². The van der Waals surface area contributed by atoms with Gasteiger partial charge in [-0.3, -0.25) is 8.98 Å². The van der Waals surface area contributed by atoms with E-state index in [2.05, 4.69) is 14.5 Å². The number of halogens is 5. The summed E-state index contributed by atoms with van der Waals surface area (Å²) < 4.78 is 144. The van der Waals surface area contributed by atoms with Gasteiger partial charge in [0.15, 0.2) is 5.79 Å². The van der Waals surface area contributed by atoms with E-state index in [-0.39, 0.29) is 24.3 Å². The van der Waals surface area contributed by atoms with E-state index in [1.165, 1.54) is 23.7 Å². The van der Waals surface area contributed by atoms with Crippen molar-refractivity contribution in [3.8, 4) is 0 Å². The summed E-state index contributed by atoms with van der Waals surface area (Å²) in [7, 11) is -10.7. The van der Waals surface area contributed by atoms with Crippen molar-refractivity contribution >= 4 is 53.8 Å². The van der Waals surface area contributed by atoms with Gasteiger partial charge in [-0.1, -0.05) is 30.3 Å². The summed E-state index contributed by atoms with van der Waals surface area (Å²) in [6.07, 6.45) is -7.15. The molecule has 14 nitrogen and oxygen atoms in total. The SMILES string of the molecule is CC(=O)O[C@H](CN(CC(F)F)S(=O)(=O)c1ccc2ncsc2c1)[C@H](Cc1ccccc1)NC(=O)O[C@H]1CO[C@@]2(COS(=O)(=O)C(F)(F)F)OCC[C@@H]12. The minimum Gasteiger partial charge on any atom is -0.459 e. The normalized spacial score (nSPS) is 22.0. The van der Waals surface area contributed by atoms with Gasteiger partial charge in [0.1, 0.15) is 18.8 Å². The van der Waals surface area contributed by atoms with Gasteiger partial charge in [0.05, 0.1) is 58.9 Å². The number of benzene rings is 2.